The van der Waals surface area contributed by atoms with Gasteiger partial charge in [-0.15, -0.1) is 12.4 Å². The zero-order valence-electron chi connectivity index (χ0n) is 14.4. The summed E-state index contributed by atoms with van der Waals surface area (Å²) >= 11 is 0. The first-order valence-corrected chi connectivity index (χ1v) is 8.04. The van der Waals surface area contributed by atoms with E-state index in [4.69, 9.17) is 15.2 Å². The molecule has 0 aliphatic carbocycles. The third-order valence-electron chi connectivity index (χ3n) is 4.24. The summed E-state index contributed by atoms with van der Waals surface area (Å²) in [5, 5.41) is 6.30. The number of benzene rings is 1. The van der Waals surface area contributed by atoms with Crippen LogP contribution in [0.3, 0.4) is 0 Å². The number of nitrogens with one attached hydrogen (secondary N) is 2. The van der Waals surface area contributed by atoms with E-state index in [9.17, 15) is 9.59 Å². The van der Waals surface area contributed by atoms with Crippen molar-refractivity contribution in [3.63, 3.8) is 0 Å². The number of nitrogens with two attached hydrogens (primary N) is 1. The zero-order valence-corrected chi connectivity index (χ0v) is 15.2. The third kappa shape index (κ3) is 6.19. The lowest BCUT2D eigenvalue weighted by atomic mass is 9.79. The van der Waals surface area contributed by atoms with Crippen LogP contribution < -0.4 is 21.1 Å². The number of amides is 2. The molecule has 2 rings (SSSR count). The van der Waals surface area contributed by atoms with Crippen molar-refractivity contribution in [1.29, 1.82) is 0 Å². The van der Waals surface area contributed by atoms with Gasteiger partial charge in [-0.25, -0.2) is 0 Å². The Morgan fingerprint density at radius 2 is 1.96 bits per heavy atom. The van der Waals surface area contributed by atoms with Crippen molar-refractivity contribution in [3.8, 4) is 5.75 Å². The molecule has 0 aromatic heterocycles. The quantitative estimate of drug-likeness (QED) is 0.624. The topological polar surface area (TPSA) is 103 Å². The van der Waals surface area contributed by atoms with Crippen molar-refractivity contribution in [2.75, 3.05) is 40.0 Å². The Kier molecular flexibility index (Phi) is 8.68. The lowest BCUT2D eigenvalue weighted by molar-refractivity contribution is -0.119. The minimum absolute atomic E-state index is 0. The van der Waals surface area contributed by atoms with Crippen LogP contribution in [0.2, 0.25) is 0 Å². The zero-order chi connectivity index (χ0) is 17.4. The molecule has 1 saturated heterocycles. The highest BCUT2D eigenvalue weighted by Crippen LogP contribution is 2.28. The standard InChI is InChI=1S/C17H25N3O4.ClH/c1-23-12-17(6-8-19-9-7-17)11-20-16(22)13-4-2-3-5-14(13)24-10-15(18)21;/h2-5,19H,6-12H2,1H3,(H2,18,21)(H,20,22);1H. The number of para-hydroxylation sites is 1. The molecular formula is C17H26ClN3O4. The van der Waals surface area contributed by atoms with Gasteiger partial charge in [-0.3, -0.25) is 9.59 Å². The number of rotatable bonds is 8. The molecule has 8 heteroatoms. The van der Waals surface area contributed by atoms with Gasteiger partial charge in [0.1, 0.15) is 5.75 Å². The highest BCUT2D eigenvalue weighted by atomic mass is 35.5. The van der Waals surface area contributed by atoms with Gasteiger partial charge in [0.05, 0.1) is 12.2 Å². The van der Waals surface area contributed by atoms with E-state index in [-0.39, 0.29) is 30.3 Å². The lowest BCUT2D eigenvalue weighted by Gasteiger charge is -2.37. The first kappa shape index (κ1) is 21.2. The molecule has 7 nitrogen and oxygen atoms in total. The lowest BCUT2D eigenvalue weighted by Crippen LogP contribution is -2.47. The molecule has 0 radical (unpaired) electrons. The Labute approximate surface area is 154 Å². The normalized spacial score (nSPS) is 15.7. The van der Waals surface area contributed by atoms with Gasteiger partial charge in [-0.1, -0.05) is 12.1 Å². The molecule has 0 bridgehead atoms. The van der Waals surface area contributed by atoms with Crippen molar-refractivity contribution < 1.29 is 19.1 Å². The average Bonchev–Trinajstić information content (AvgIpc) is 2.59. The summed E-state index contributed by atoms with van der Waals surface area (Å²) in [5.74, 6) is -0.469. The van der Waals surface area contributed by atoms with E-state index < -0.39 is 5.91 Å². The van der Waals surface area contributed by atoms with Crippen LogP contribution in [0.1, 0.15) is 23.2 Å². The molecule has 1 aromatic rings. The largest absolute Gasteiger partial charge is 0.483 e. The molecule has 0 spiro atoms. The van der Waals surface area contributed by atoms with Gasteiger partial charge in [0.15, 0.2) is 6.61 Å². The maximum absolute atomic E-state index is 12.5. The van der Waals surface area contributed by atoms with E-state index >= 15 is 0 Å². The fraction of sp³-hybridized carbons (Fsp3) is 0.529. The summed E-state index contributed by atoms with van der Waals surface area (Å²) in [6.45, 7) is 2.71. The Morgan fingerprint density at radius 3 is 2.60 bits per heavy atom. The second-order valence-electron chi connectivity index (χ2n) is 6.12. The van der Waals surface area contributed by atoms with Crippen LogP contribution in [0.25, 0.3) is 0 Å². The molecule has 140 valence electrons. The number of methoxy groups -OCH3 is 1. The van der Waals surface area contributed by atoms with E-state index in [0.717, 1.165) is 25.9 Å². The molecule has 0 atom stereocenters. The summed E-state index contributed by atoms with van der Waals surface area (Å²) in [6.07, 6.45) is 1.89. The Bertz CT molecular complexity index is 571. The predicted octanol–water partition coefficient (Wildman–Crippen LogP) is 0.719. The van der Waals surface area contributed by atoms with E-state index in [1.165, 1.54) is 0 Å². The highest BCUT2D eigenvalue weighted by Gasteiger charge is 2.32. The van der Waals surface area contributed by atoms with Gasteiger partial charge in [0.25, 0.3) is 11.8 Å². The summed E-state index contributed by atoms with van der Waals surface area (Å²) in [6, 6.07) is 6.80. The number of halogens is 1. The van der Waals surface area contributed by atoms with Gasteiger partial charge in [0, 0.05) is 19.1 Å². The number of carbonyl (C=O) groups is 2. The highest BCUT2D eigenvalue weighted by molar-refractivity contribution is 5.97. The molecule has 2 amide bonds. The second kappa shape index (κ2) is 10.2. The smallest absolute Gasteiger partial charge is 0.255 e. The molecule has 1 aliphatic rings. The van der Waals surface area contributed by atoms with Crippen molar-refractivity contribution in [2.45, 2.75) is 12.8 Å². The Balaban J connectivity index is 0.00000312. The summed E-state index contributed by atoms with van der Waals surface area (Å²) in [4.78, 5) is 23.4. The van der Waals surface area contributed by atoms with E-state index in [2.05, 4.69) is 10.6 Å². The monoisotopic (exact) mass is 371 g/mol. The van der Waals surface area contributed by atoms with Crippen LogP contribution in [-0.4, -0.2) is 51.8 Å². The van der Waals surface area contributed by atoms with Crippen molar-refractivity contribution in [2.24, 2.45) is 11.1 Å². The van der Waals surface area contributed by atoms with Gasteiger partial charge < -0.3 is 25.8 Å². The number of ether oxygens (including phenoxy) is 2. The van der Waals surface area contributed by atoms with E-state index in [1.54, 1.807) is 31.4 Å². The molecule has 25 heavy (non-hydrogen) atoms. The molecule has 4 N–H and O–H groups in total. The summed E-state index contributed by atoms with van der Waals surface area (Å²) in [5.41, 5.74) is 5.42. The Morgan fingerprint density at radius 1 is 1.28 bits per heavy atom. The first-order valence-electron chi connectivity index (χ1n) is 8.04. The van der Waals surface area contributed by atoms with Crippen LogP contribution in [-0.2, 0) is 9.53 Å². The maximum Gasteiger partial charge on any atom is 0.255 e. The minimum atomic E-state index is -0.584. The summed E-state index contributed by atoms with van der Waals surface area (Å²) in [7, 11) is 1.68. The fourth-order valence-corrected chi connectivity index (χ4v) is 2.93. The Hall–Kier alpha value is -1.83. The fourth-order valence-electron chi connectivity index (χ4n) is 2.93. The van der Waals surface area contributed by atoms with Gasteiger partial charge in [-0.05, 0) is 38.1 Å². The number of hydrogen-bond acceptors (Lipinski definition) is 5. The molecule has 1 aliphatic heterocycles. The van der Waals surface area contributed by atoms with Gasteiger partial charge >= 0.3 is 0 Å². The van der Waals surface area contributed by atoms with E-state index in [1.807, 2.05) is 0 Å². The van der Waals surface area contributed by atoms with Gasteiger partial charge in [0.2, 0.25) is 0 Å². The first-order chi connectivity index (χ1) is 11.6. The van der Waals surface area contributed by atoms with E-state index in [0.29, 0.717) is 24.5 Å². The molecule has 1 fully saturated rings. The van der Waals surface area contributed by atoms with Gasteiger partial charge in [-0.2, -0.15) is 0 Å². The minimum Gasteiger partial charge on any atom is -0.483 e. The van der Waals surface area contributed by atoms with Crippen LogP contribution in [0.4, 0.5) is 0 Å². The average molecular weight is 372 g/mol. The number of primary amides is 1. The van der Waals surface area contributed by atoms with Crippen LogP contribution in [0.5, 0.6) is 5.75 Å². The number of hydrogen-bond donors (Lipinski definition) is 3. The predicted molar refractivity (Wildman–Crippen MR) is 97.1 cm³/mol. The second-order valence-corrected chi connectivity index (χ2v) is 6.12. The molecule has 0 unspecified atom stereocenters. The SMILES string of the molecule is COCC1(CNC(=O)c2ccccc2OCC(N)=O)CCNCC1.Cl. The summed E-state index contributed by atoms with van der Waals surface area (Å²) < 4.78 is 10.7. The van der Waals surface area contributed by atoms with Crippen molar-refractivity contribution in [3.05, 3.63) is 29.8 Å². The number of carbonyl (C=O) groups excluding carboxylic acids is 2. The molecule has 0 saturated carbocycles. The molecule has 1 aromatic carbocycles. The molecule has 1 heterocycles. The third-order valence-corrected chi connectivity index (χ3v) is 4.24. The molecular weight excluding hydrogens is 346 g/mol. The number of piperidine rings is 1. The van der Waals surface area contributed by atoms with Crippen molar-refractivity contribution in [1.82, 2.24) is 10.6 Å². The maximum atomic E-state index is 12.5. The van der Waals surface area contributed by atoms with Crippen molar-refractivity contribution >= 4 is 24.2 Å². The van der Waals surface area contributed by atoms with Crippen LogP contribution in [0.15, 0.2) is 24.3 Å². The van der Waals surface area contributed by atoms with Crippen LogP contribution in [0, 0.1) is 5.41 Å². The van der Waals surface area contributed by atoms with Crippen LogP contribution >= 0.6 is 12.4 Å².